The number of piperazine rings is 1. The third kappa shape index (κ3) is 4.41. The third-order valence-corrected chi connectivity index (χ3v) is 11.3. The van der Waals surface area contributed by atoms with Crippen molar-refractivity contribution in [2.45, 2.75) is 82.1 Å². The highest BCUT2D eigenvalue weighted by molar-refractivity contribution is 6.03. The van der Waals surface area contributed by atoms with Crippen LogP contribution < -0.4 is 19.7 Å². The zero-order valence-corrected chi connectivity index (χ0v) is 26.9. The number of aromatic nitrogens is 3. The van der Waals surface area contributed by atoms with Gasteiger partial charge < -0.3 is 24.8 Å². The Kier molecular flexibility index (Phi) is 6.82. The molecule has 2 N–H and O–H groups in total. The van der Waals surface area contributed by atoms with Crippen molar-refractivity contribution in [1.29, 1.82) is 0 Å². The van der Waals surface area contributed by atoms with Crippen molar-refractivity contribution in [2.24, 2.45) is 0 Å². The van der Waals surface area contributed by atoms with Gasteiger partial charge in [0.25, 0.3) is 0 Å². The molecule has 5 aliphatic rings. The van der Waals surface area contributed by atoms with Crippen LogP contribution in [0.4, 0.5) is 19.0 Å². The number of anilines is 1. The van der Waals surface area contributed by atoms with Crippen LogP contribution in [0.3, 0.4) is 0 Å². The van der Waals surface area contributed by atoms with E-state index in [2.05, 4.69) is 20.1 Å². The van der Waals surface area contributed by atoms with Crippen molar-refractivity contribution in [3.05, 3.63) is 53.4 Å². The van der Waals surface area contributed by atoms with E-state index < -0.39 is 11.6 Å². The standard InChI is InChI=1S/C36H37F3N6O3/c1-3-23-25(38)7-5-20-11-22(46)12-24(27(20)23)30-29(39)31-28-33(45-16-21-6-8-26(40-21)32(45)18(2)48-34(28)41-30)43-35(42-31)47-17-36-9-4-10-44(36)15-19(13-36)14-37/h5,7,11-12,14,18,21,26,32,40,46H,3-4,6,8-10,13,15-17H2,1-2H3/b19-14-/t18-,21+,26-,32+,36+/m0/s1. The van der Waals surface area contributed by atoms with Crippen LogP contribution in [0.2, 0.25) is 0 Å². The number of phenolic OH excluding ortho intramolecular Hbond substituents is 1. The average molecular weight is 659 g/mol. The Balaban J connectivity index is 1.25. The summed E-state index contributed by atoms with van der Waals surface area (Å²) < 4.78 is 58.9. The van der Waals surface area contributed by atoms with Gasteiger partial charge in [-0.15, -0.1) is 0 Å². The minimum atomic E-state index is -0.738. The average Bonchev–Trinajstić information content (AvgIpc) is 3.74. The number of hydrogen-bond acceptors (Lipinski definition) is 9. The highest BCUT2D eigenvalue weighted by Gasteiger charge is 2.49. The molecule has 2 aromatic heterocycles. The third-order valence-electron chi connectivity index (χ3n) is 11.3. The summed E-state index contributed by atoms with van der Waals surface area (Å²) in [5, 5.41) is 15.8. The van der Waals surface area contributed by atoms with Crippen LogP contribution in [-0.2, 0) is 6.42 Å². The molecule has 12 heteroatoms. The number of aromatic hydroxyl groups is 1. The summed E-state index contributed by atoms with van der Waals surface area (Å²) in [6.45, 7) is 6.14. The predicted octanol–water partition coefficient (Wildman–Crippen LogP) is 5.95. The molecule has 0 unspecified atom stereocenters. The zero-order valence-electron chi connectivity index (χ0n) is 26.9. The number of halogens is 3. The van der Waals surface area contributed by atoms with Crippen molar-refractivity contribution < 1.29 is 27.8 Å². The van der Waals surface area contributed by atoms with Gasteiger partial charge in [0.2, 0.25) is 5.88 Å². The van der Waals surface area contributed by atoms with Gasteiger partial charge >= 0.3 is 6.01 Å². The van der Waals surface area contributed by atoms with Crippen molar-refractivity contribution in [2.75, 3.05) is 31.1 Å². The molecular weight excluding hydrogens is 621 g/mol. The van der Waals surface area contributed by atoms with Crippen LogP contribution in [0.1, 0.15) is 51.5 Å². The number of phenols is 1. The monoisotopic (exact) mass is 658 g/mol. The van der Waals surface area contributed by atoms with E-state index in [1.165, 1.54) is 18.2 Å². The first kappa shape index (κ1) is 29.9. The maximum Gasteiger partial charge on any atom is 0.319 e. The van der Waals surface area contributed by atoms with Gasteiger partial charge in [-0.25, -0.2) is 18.2 Å². The molecule has 2 bridgehead atoms. The van der Waals surface area contributed by atoms with Crippen molar-refractivity contribution in [3.63, 3.8) is 0 Å². The SMILES string of the molecule is CCc1c(F)ccc2cc(O)cc(-c3nc4c5c(nc(OC[C@]67CCCN6C/C(=C\F)C7)nc5c3F)N3C[C@H]5CC[C@H](N5)[C@H]3[C@H](C)O4)c12. The quantitative estimate of drug-likeness (QED) is 0.270. The second-order valence-electron chi connectivity index (χ2n) is 14.1. The molecule has 0 saturated carbocycles. The molecule has 4 aromatic rings. The van der Waals surface area contributed by atoms with Crippen LogP contribution in [0, 0.1) is 11.6 Å². The van der Waals surface area contributed by atoms with Crippen LogP contribution in [-0.4, -0.2) is 81.0 Å². The Morgan fingerprint density at radius 2 is 2.04 bits per heavy atom. The van der Waals surface area contributed by atoms with Crippen LogP contribution in [0.5, 0.6) is 17.6 Å². The first-order valence-electron chi connectivity index (χ1n) is 17.0. The number of benzene rings is 2. The van der Waals surface area contributed by atoms with E-state index in [4.69, 9.17) is 19.4 Å². The van der Waals surface area contributed by atoms with Crippen molar-refractivity contribution in [1.82, 2.24) is 25.2 Å². The number of aryl methyl sites for hydroxylation is 1. The Hall–Kier alpha value is -4.16. The number of ether oxygens (including phenoxy) is 2. The minimum Gasteiger partial charge on any atom is -0.508 e. The first-order valence-corrected chi connectivity index (χ1v) is 17.0. The largest absolute Gasteiger partial charge is 0.508 e. The molecule has 48 heavy (non-hydrogen) atoms. The lowest BCUT2D eigenvalue weighted by Gasteiger charge is -2.42. The Morgan fingerprint density at radius 1 is 1.17 bits per heavy atom. The molecule has 0 amide bonds. The number of nitrogens with one attached hydrogen (secondary N) is 1. The molecule has 2 aromatic carbocycles. The fourth-order valence-electron chi connectivity index (χ4n) is 9.22. The smallest absolute Gasteiger partial charge is 0.319 e. The highest BCUT2D eigenvalue weighted by Crippen LogP contribution is 2.47. The van der Waals surface area contributed by atoms with Gasteiger partial charge in [0.05, 0.1) is 17.9 Å². The molecule has 0 radical (unpaired) electrons. The summed E-state index contributed by atoms with van der Waals surface area (Å²) in [6.07, 6.45) is 5.11. The fourth-order valence-corrected chi connectivity index (χ4v) is 9.22. The molecule has 0 aliphatic carbocycles. The highest BCUT2D eigenvalue weighted by atomic mass is 19.1. The molecule has 9 nitrogen and oxygen atoms in total. The van der Waals surface area contributed by atoms with E-state index in [-0.39, 0.29) is 70.8 Å². The van der Waals surface area contributed by atoms with Crippen LogP contribution >= 0.6 is 0 Å². The second-order valence-corrected chi connectivity index (χ2v) is 14.1. The summed E-state index contributed by atoms with van der Waals surface area (Å²) in [5.74, 6) is -0.566. The van der Waals surface area contributed by atoms with E-state index >= 15 is 8.78 Å². The van der Waals surface area contributed by atoms with E-state index in [0.29, 0.717) is 59.8 Å². The maximum absolute atomic E-state index is 17.2. The molecule has 0 spiro atoms. The van der Waals surface area contributed by atoms with Gasteiger partial charge in [0, 0.05) is 30.7 Å². The van der Waals surface area contributed by atoms with Gasteiger partial charge in [-0.05, 0) is 92.1 Å². The van der Waals surface area contributed by atoms with Gasteiger partial charge in [-0.3, -0.25) is 4.90 Å². The van der Waals surface area contributed by atoms with Crippen molar-refractivity contribution >= 4 is 27.5 Å². The number of nitrogens with zero attached hydrogens (tertiary/aromatic N) is 5. The Bertz CT molecular complexity index is 2030. The molecule has 9 rings (SSSR count). The fraction of sp³-hybridized carbons (Fsp3) is 0.472. The zero-order chi connectivity index (χ0) is 32.9. The van der Waals surface area contributed by atoms with Gasteiger partial charge in [0.15, 0.2) is 5.82 Å². The lowest BCUT2D eigenvalue weighted by atomic mass is 9.94. The molecule has 5 atom stereocenters. The van der Waals surface area contributed by atoms with Gasteiger partial charge in [-0.1, -0.05) is 13.0 Å². The minimum absolute atomic E-state index is 0.0174. The number of hydrogen-bond donors (Lipinski definition) is 2. The summed E-state index contributed by atoms with van der Waals surface area (Å²) >= 11 is 0. The molecule has 250 valence electrons. The number of fused-ring (bicyclic) bond motifs is 7. The second kappa shape index (κ2) is 10.9. The van der Waals surface area contributed by atoms with E-state index in [9.17, 15) is 9.50 Å². The van der Waals surface area contributed by atoms with Gasteiger partial charge in [0.1, 0.15) is 46.7 Å². The summed E-state index contributed by atoms with van der Waals surface area (Å²) in [7, 11) is 0. The lowest BCUT2D eigenvalue weighted by Crippen LogP contribution is -2.62. The Morgan fingerprint density at radius 3 is 2.88 bits per heavy atom. The summed E-state index contributed by atoms with van der Waals surface area (Å²) in [5.41, 5.74) is 0.894. The van der Waals surface area contributed by atoms with Gasteiger partial charge in [-0.2, -0.15) is 9.97 Å². The van der Waals surface area contributed by atoms with Crippen LogP contribution in [0.25, 0.3) is 32.9 Å². The first-order chi connectivity index (χ1) is 23.3. The topological polar surface area (TPSA) is 95.9 Å². The normalized spacial score (nSPS) is 28.6. The maximum atomic E-state index is 17.2. The van der Waals surface area contributed by atoms with E-state index in [0.717, 1.165) is 37.8 Å². The number of pyridine rings is 1. The summed E-state index contributed by atoms with van der Waals surface area (Å²) in [4.78, 5) is 18.9. The molecule has 4 saturated heterocycles. The number of rotatable bonds is 5. The summed E-state index contributed by atoms with van der Waals surface area (Å²) in [6, 6.07) is 6.21. The molecule has 4 fully saturated rings. The lowest BCUT2D eigenvalue weighted by molar-refractivity contribution is 0.108. The molecule has 7 heterocycles. The Labute approximate surface area is 275 Å². The van der Waals surface area contributed by atoms with Crippen molar-refractivity contribution in [3.8, 4) is 28.9 Å². The molecule has 5 aliphatic heterocycles. The van der Waals surface area contributed by atoms with E-state index in [1.54, 1.807) is 6.07 Å². The van der Waals surface area contributed by atoms with Crippen LogP contribution in [0.15, 0.2) is 36.2 Å². The van der Waals surface area contributed by atoms with E-state index in [1.807, 2.05) is 13.8 Å². The molecular formula is C36H37F3N6O3. The predicted molar refractivity (Wildman–Crippen MR) is 175 cm³/mol.